The third-order valence-electron chi connectivity index (χ3n) is 3.20. The highest BCUT2D eigenvalue weighted by Gasteiger charge is 2.15. The Kier molecular flexibility index (Phi) is 3.83. The summed E-state index contributed by atoms with van der Waals surface area (Å²) < 4.78 is 1.76. The minimum Gasteiger partial charge on any atom is -0.481 e. The fraction of sp³-hybridized carbons (Fsp3) is 0.429. The van der Waals surface area contributed by atoms with Crippen LogP contribution in [-0.4, -0.2) is 30.8 Å². The van der Waals surface area contributed by atoms with Crippen molar-refractivity contribution in [3.05, 3.63) is 34.5 Å². The topological polar surface area (TPSA) is 80.9 Å². The number of aliphatic carboxylic acids is 1. The van der Waals surface area contributed by atoms with Crippen molar-refractivity contribution in [2.45, 2.75) is 40.5 Å². The molecule has 2 aromatic rings. The number of carbonyl (C=O) groups is 1. The van der Waals surface area contributed by atoms with Crippen molar-refractivity contribution < 1.29 is 9.90 Å². The minimum absolute atomic E-state index is 0.106. The van der Waals surface area contributed by atoms with Gasteiger partial charge in [0.05, 0.1) is 5.69 Å². The van der Waals surface area contributed by atoms with Crippen molar-refractivity contribution >= 4 is 5.97 Å². The first-order chi connectivity index (χ1) is 9.38. The summed E-state index contributed by atoms with van der Waals surface area (Å²) in [7, 11) is 0. The third kappa shape index (κ3) is 2.84. The van der Waals surface area contributed by atoms with Gasteiger partial charge in [0.25, 0.3) is 0 Å². The minimum atomic E-state index is -0.801. The van der Waals surface area contributed by atoms with E-state index in [1.54, 1.807) is 4.68 Å². The maximum absolute atomic E-state index is 10.7. The molecule has 20 heavy (non-hydrogen) atoms. The molecule has 0 aliphatic rings. The summed E-state index contributed by atoms with van der Waals surface area (Å²) >= 11 is 0. The molecule has 106 valence electrons. The Labute approximate surface area is 117 Å². The van der Waals surface area contributed by atoms with E-state index < -0.39 is 5.97 Å². The smallest absolute Gasteiger partial charge is 0.303 e. The fourth-order valence-electron chi connectivity index (χ4n) is 2.30. The molecule has 6 heteroatoms. The van der Waals surface area contributed by atoms with Crippen molar-refractivity contribution in [3.8, 4) is 5.82 Å². The molecule has 0 radical (unpaired) electrons. The van der Waals surface area contributed by atoms with Crippen LogP contribution in [0.4, 0.5) is 0 Å². The first kappa shape index (κ1) is 14.2. The third-order valence-corrected chi connectivity index (χ3v) is 3.20. The molecule has 0 spiro atoms. The maximum atomic E-state index is 10.7. The molecule has 0 saturated heterocycles. The van der Waals surface area contributed by atoms with Crippen molar-refractivity contribution in [2.75, 3.05) is 0 Å². The average Bonchev–Trinajstić information content (AvgIpc) is 2.61. The monoisotopic (exact) mass is 274 g/mol. The van der Waals surface area contributed by atoms with E-state index in [9.17, 15) is 4.79 Å². The number of hydrogen-bond acceptors (Lipinski definition) is 4. The molecule has 0 saturated carbocycles. The molecule has 2 heterocycles. The lowest BCUT2D eigenvalue weighted by Crippen LogP contribution is -2.06. The van der Waals surface area contributed by atoms with Crippen molar-refractivity contribution in [3.63, 3.8) is 0 Å². The number of aromatic nitrogens is 4. The van der Waals surface area contributed by atoms with Crippen LogP contribution in [0.25, 0.3) is 5.82 Å². The molecular formula is C14H18N4O2. The second-order valence-corrected chi connectivity index (χ2v) is 4.87. The van der Waals surface area contributed by atoms with E-state index >= 15 is 0 Å². The van der Waals surface area contributed by atoms with Crippen LogP contribution >= 0.6 is 0 Å². The predicted octanol–water partition coefficient (Wildman–Crippen LogP) is 1.91. The van der Waals surface area contributed by atoms with E-state index in [2.05, 4.69) is 15.1 Å². The first-order valence-electron chi connectivity index (χ1n) is 6.48. The molecule has 0 aromatic carbocycles. The molecular weight excluding hydrogens is 256 g/mol. The van der Waals surface area contributed by atoms with Crippen molar-refractivity contribution in [2.24, 2.45) is 0 Å². The molecule has 0 aliphatic carbocycles. The summed E-state index contributed by atoms with van der Waals surface area (Å²) in [6, 6.07) is 1.87. The van der Waals surface area contributed by atoms with Gasteiger partial charge in [0, 0.05) is 23.9 Å². The Morgan fingerprint density at radius 3 is 2.55 bits per heavy atom. The number of nitrogens with zero attached hydrogens (tertiary/aromatic N) is 4. The molecule has 0 bridgehead atoms. The van der Waals surface area contributed by atoms with Crippen molar-refractivity contribution in [1.29, 1.82) is 0 Å². The lowest BCUT2D eigenvalue weighted by atomic mass is 10.1. The molecule has 2 aromatic heterocycles. The number of aryl methyl sites for hydroxylation is 3. The summed E-state index contributed by atoms with van der Waals surface area (Å²) in [6.07, 6.45) is 0.589. The van der Waals surface area contributed by atoms with Crippen LogP contribution in [0, 0.1) is 27.7 Å². The maximum Gasteiger partial charge on any atom is 0.303 e. The van der Waals surface area contributed by atoms with Gasteiger partial charge in [-0.15, -0.1) is 0 Å². The standard InChI is InChI=1S/C14H18N4O2/c1-8-7-13(16-11(4)15-8)18-10(3)12(9(2)17-18)5-6-14(19)20/h7H,5-6H2,1-4H3,(H,19,20). The number of hydrogen-bond donors (Lipinski definition) is 1. The Bertz CT molecular complexity index is 641. The van der Waals surface area contributed by atoms with E-state index in [-0.39, 0.29) is 6.42 Å². The van der Waals surface area contributed by atoms with Gasteiger partial charge >= 0.3 is 5.97 Å². The molecule has 6 nitrogen and oxygen atoms in total. The van der Waals surface area contributed by atoms with Crippen LogP contribution in [0.3, 0.4) is 0 Å². The Balaban J connectivity index is 2.43. The van der Waals surface area contributed by atoms with Gasteiger partial charge in [0.15, 0.2) is 5.82 Å². The zero-order chi connectivity index (χ0) is 14.9. The highest BCUT2D eigenvalue weighted by atomic mass is 16.4. The molecule has 0 fully saturated rings. The molecule has 0 aliphatic heterocycles. The number of carboxylic acids is 1. The Morgan fingerprint density at radius 1 is 1.25 bits per heavy atom. The Hall–Kier alpha value is -2.24. The summed E-state index contributed by atoms with van der Waals surface area (Å²) in [6.45, 7) is 7.58. The van der Waals surface area contributed by atoms with Gasteiger partial charge in [-0.2, -0.15) is 5.10 Å². The molecule has 0 unspecified atom stereocenters. The summed E-state index contributed by atoms with van der Waals surface area (Å²) in [4.78, 5) is 19.3. The fourth-order valence-corrected chi connectivity index (χ4v) is 2.30. The SMILES string of the molecule is Cc1cc(-n2nc(C)c(CCC(=O)O)c2C)nc(C)n1. The van der Waals surface area contributed by atoms with Crippen molar-refractivity contribution in [1.82, 2.24) is 19.7 Å². The molecule has 0 amide bonds. The highest BCUT2D eigenvalue weighted by molar-refractivity contribution is 5.67. The lowest BCUT2D eigenvalue weighted by molar-refractivity contribution is -0.136. The van der Waals surface area contributed by atoms with E-state index in [0.29, 0.717) is 12.2 Å². The number of carboxylic acid groups (broad SMARTS) is 1. The second-order valence-electron chi connectivity index (χ2n) is 4.87. The van der Waals surface area contributed by atoms with Crippen LogP contribution in [0.15, 0.2) is 6.07 Å². The summed E-state index contributed by atoms with van der Waals surface area (Å²) in [5.74, 6) is 0.613. The van der Waals surface area contributed by atoms with E-state index in [1.165, 1.54) is 0 Å². The number of rotatable bonds is 4. The van der Waals surface area contributed by atoms with Crippen LogP contribution < -0.4 is 0 Å². The van der Waals surface area contributed by atoms with Crippen LogP contribution in [0.1, 0.15) is 34.9 Å². The lowest BCUT2D eigenvalue weighted by Gasteiger charge is -2.06. The second kappa shape index (κ2) is 5.40. The van der Waals surface area contributed by atoms with Gasteiger partial charge in [-0.05, 0) is 39.7 Å². The van der Waals surface area contributed by atoms with Crippen LogP contribution in [0.2, 0.25) is 0 Å². The van der Waals surface area contributed by atoms with Crippen LogP contribution in [0.5, 0.6) is 0 Å². The summed E-state index contributed by atoms with van der Waals surface area (Å²) in [5, 5.41) is 13.3. The van der Waals surface area contributed by atoms with Gasteiger partial charge in [-0.3, -0.25) is 4.79 Å². The zero-order valence-corrected chi connectivity index (χ0v) is 12.1. The van der Waals surface area contributed by atoms with Crippen LogP contribution in [-0.2, 0) is 11.2 Å². The van der Waals surface area contributed by atoms with E-state index in [0.717, 1.165) is 28.5 Å². The highest BCUT2D eigenvalue weighted by Crippen LogP contribution is 2.18. The van der Waals surface area contributed by atoms with Gasteiger partial charge < -0.3 is 5.11 Å². The first-order valence-corrected chi connectivity index (χ1v) is 6.48. The Morgan fingerprint density at radius 2 is 1.95 bits per heavy atom. The van der Waals surface area contributed by atoms with E-state index in [4.69, 9.17) is 5.11 Å². The molecule has 1 N–H and O–H groups in total. The van der Waals surface area contributed by atoms with Gasteiger partial charge in [0.2, 0.25) is 0 Å². The van der Waals surface area contributed by atoms with Gasteiger partial charge in [-0.1, -0.05) is 0 Å². The van der Waals surface area contributed by atoms with Gasteiger partial charge in [-0.25, -0.2) is 14.6 Å². The average molecular weight is 274 g/mol. The predicted molar refractivity (Wildman–Crippen MR) is 74.1 cm³/mol. The summed E-state index contributed by atoms with van der Waals surface area (Å²) in [5.41, 5.74) is 3.63. The normalized spacial score (nSPS) is 10.8. The zero-order valence-electron chi connectivity index (χ0n) is 12.1. The molecule has 0 atom stereocenters. The van der Waals surface area contributed by atoms with Gasteiger partial charge in [0.1, 0.15) is 5.82 Å². The molecule has 2 rings (SSSR count). The largest absolute Gasteiger partial charge is 0.481 e. The quantitative estimate of drug-likeness (QED) is 0.921. The van der Waals surface area contributed by atoms with E-state index in [1.807, 2.05) is 33.8 Å².